The molecule has 32 heavy (non-hydrogen) atoms. The van der Waals surface area contributed by atoms with Crippen molar-refractivity contribution in [3.8, 4) is 11.5 Å². The third-order valence-electron chi connectivity index (χ3n) is 5.38. The highest BCUT2D eigenvalue weighted by atomic mass is 16.3. The number of carbonyl (C=O) groups is 3. The Morgan fingerprint density at radius 1 is 0.969 bits per heavy atom. The minimum absolute atomic E-state index is 0.00550. The van der Waals surface area contributed by atoms with Crippen LogP contribution in [0.5, 0.6) is 0 Å². The molecular formula is C25H19N3O4. The first kappa shape index (κ1) is 19.7. The van der Waals surface area contributed by atoms with E-state index >= 15 is 0 Å². The fourth-order valence-electron chi connectivity index (χ4n) is 3.78. The molecule has 1 aliphatic heterocycles. The smallest absolute Gasteiger partial charge is 0.261 e. The van der Waals surface area contributed by atoms with Crippen molar-refractivity contribution in [2.75, 3.05) is 11.9 Å². The zero-order chi connectivity index (χ0) is 22.2. The molecule has 3 aromatic carbocycles. The second-order valence-electron chi connectivity index (χ2n) is 7.68. The van der Waals surface area contributed by atoms with E-state index in [2.05, 4.69) is 10.3 Å². The first-order valence-electron chi connectivity index (χ1n) is 10.2. The van der Waals surface area contributed by atoms with Crippen LogP contribution in [0.4, 0.5) is 5.69 Å². The van der Waals surface area contributed by atoms with Crippen molar-refractivity contribution in [1.82, 2.24) is 9.88 Å². The number of aromatic nitrogens is 1. The molecule has 1 aromatic heterocycles. The van der Waals surface area contributed by atoms with E-state index in [1.807, 2.05) is 31.2 Å². The number of fused-ring (bicyclic) bond motifs is 2. The number of nitrogens with one attached hydrogen (secondary N) is 1. The summed E-state index contributed by atoms with van der Waals surface area (Å²) in [6, 6.07) is 19.8. The Bertz CT molecular complexity index is 1350. The fraction of sp³-hybridized carbons (Fsp3) is 0.120. The zero-order valence-corrected chi connectivity index (χ0v) is 17.3. The third-order valence-corrected chi connectivity index (χ3v) is 5.38. The van der Waals surface area contributed by atoms with Crippen LogP contribution >= 0.6 is 0 Å². The molecule has 0 fully saturated rings. The monoisotopic (exact) mass is 425 g/mol. The average molecular weight is 425 g/mol. The van der Waals surface area contributed by atoms with Gasteiger partial charge in [-0.25, -0.2) is 4.98 Å². The first-order chi connectivity index (χ1) is 15.5. The Labute approximate surface area is 183 Å². The number of imide groups is 1. The van der Waals surface area contributed by atoms with Crippen molar-refractivity contribution < 1.29 is 18.8 Å². The van der Waals surface area contributed by atoms with E-state index in [4.69, 9.17) is 4.42 Å². The number of hydrogen-bond donors (Lipinski definition) is 1. The van der Waals surface area contributed by atoms with Gasteiger partial charge in [-0.2, -0.15) is 0 Å². The van der Waals surface area contributed by atoms with Gasteiger partial charge < -0.3 is 9.73 Å². The molecule has 7 nitrogen and oxygen atoms in total. The molecule has 0 radical (unpaired) electrons. The number of amides is 3. The lowest BCUT2D eigenvalue weighted by Crippen LogP contribution is -2.32. The largest absolute Gasteiger partial charge is 0.436 e. The van der Waals surface area contributed by atoms with Gasteiger partial charge in [-0.05, 0) is 43.3 Å². The minimum atomic E-state index is -0.370. The molecule has 0 unspecified atom stereocenters. The van der Waals surface area contributed by atoms with E-state index in [1.165, 1.54) is 0 Å². The highest BCUT2D eigenvalue weighted by Gasteiger charge is 2.34. The van der Waals surface area contributed by atoms with Crippen molar-refractivity contribution in [2.45, 2.75) is 13.3 Å². The summed E-state index contributed by atoms with van der Waals surface area (Å²) >= 11 is 0. The summed E-state index contributed by atoms with van der Waals surface area (Å²) in [5.74, 6) is -0.535. The quantitative estimate of drug-likeness (QED) is 0.478. The van der Waals surface area contributed by atoms with Crippen molar-refractivity contribution >= 4 is 34.5 Å². The lowest BCUT2D eigenvalue weighted by atomic mass is 10.1. The molecule has 7 heteroatoms. The van der Waals surface area contributed by atoms with Crippen LogP contribution in [-0.4, -0.2) is 34.2 Å². The van der Waals surface area contributed by atoms with Gasteiger partial charge >= 0.3 is 0 Å². The standard InChI is InChI=1S/C25H19N3O4/c1-15-5-4-6-16(13-15)23-27-20-10-9-17(14-21(20)32-23)26-22(29)11-12-28-24(30)18-7-2-3-8-19(18)25(28)31/h2-10,13-14H,11-12H2,1H3,(H,26,29). The summed E-state index contributed by atoms with van der Waals surface area (Å²) in [6.45, 7) is 2.02. The van der Waals surface area contributed by atoms with Gasteiger partial charge in [0.05, 0.1) is 11.1 Å². The SMILES string of the molecule is Cc1cccc(-c2nc3ccc(NC(=O)CCN4C(=O)c5ccccc5C4=O)cc3o2)c1. The van der Waals surface area contributed by atoms with Crippen LogP contribution in [0.1, 0.15) is 32.7 Å². The number of nitrogens with zero attached hydrogens (tertiary/aromatic N) is 2. The number of benzene rings is 3. The van der Waals surface area contributed by atoms with Crippen LogP contribution in [0, 0.1) is 6.92 Å². The maximum absolute atomic E-state index is 12.4. The molecular weight excluding hydrogens is 406 g/mol. The van der Waals surface area contributed by atoms with Crippen LogP contribution in [0.3, 0.4) is 0 Å². The Morgan fingerprint density at radius 3 is 2.44 bits per heavy atom. The second-order valence-corrected chi connectivity index (χ2v) is 7.68. The van der Waals surface area contributed by atoms with Gasteiger partial charge in [0.25, 0.3) is 11.8 Å². The summed E-state index contributed by atoms with van der Waals surface area (Å²) in [4.78, 5) is 42.9. The lowest BCUT2D eigenvalue weighted by Gasteiger charge is -2.13. The lowest BCUT2D eigenvalue weighted by molar-refractivity contribution is -0.116. The summed E-state index contributed by atoms with van der Waals surface area (Å²) in [6.07, 6.45) is -0.00550. The number of rotatable bonds is 5. The maximum Gasteiger partial charge on any atom is 0.261 e. The van der Waals surface area contributed by atoms with E-state index in [-0.39, 0.29) is 30.7 Å². The predicted molar refractivity (Wildman–Crippen MR) is 119 cm³/mol. The molecule has 0 saturated carbocycles. The second kappa shape index (κ2) is 7.77. The van der Waals surface area contributed by atoms with Gasteiger partial charge in [-0.1, -0.05) is 29.8 Å². The van der Waals surface area contributed by atoms with E-state index in [9.17, 15) is 14.4 Å². The normalized spacial score (nSPS) is 13.0. The van der Waals surface area contributed by atoms with Gasteiger partial charge in [0.2, 0.25) is 11.8 Å². The number of aryl methyl sites for hydroxylation is 1. The third kappa shape index (κ3) is 3.54. The van der Waals surface area contributed by atoms with Crippen LogP contribution < -0.4 is 5.32 Å². The fourth-order valence-corrected chi connectivity index (χ4v) is 3.78. The first-order valence-corrected chi connectivity index (χ1v) is 10.2. The average Bonchev–Trinajstić information content (AvgIpc) is 3.32. The van der Waals surface area contributed by atoms with Gasteiger partial charge in [0, 0.05) is 30.3 Å². The maximum atomic E-state index is 12.4. The van der Waals surface area contributed by atoms with E-state index in [0.29, 0.717) is 33.8 Å². The van der Waals surface area contributed by atoms with Gasteiger partial charge in [0.15, 0.2) is 5.58 Å². The Morgan fingerprint density at radius 2 is 1.72 bits per heavy atom. The Balaban J connectivity index is 1.26. The highest BCUT2D eigenvalue weighted by molar-refractivity contribution is 6.21. The van der Waals surface area contributed by atoms with Crippen LogP contribution in [0.2, 0.25) is 0 Å². The molecule has 1 aliphatic rings. The number of anilines is 1. The molecule has 0 atom stereocenters. The van der Waals surface area contributed by atoms with Gasteiger partial charge in [-0.15, -0.1) is 0 Å². The van der Waals surface area contributed by atoms with Crippen molar-refractivity contribution in [3.63, 3.8) is 0 Å². The predicted octanol–water partition coefficient (Wildman–Crippen LogP) is 4.43. The molecule has 0 saturated heterocycles. The van der Waals surface area contributed by atoms with Crippen LogP contribution in [0.15, 0.2) is 71.1 Å². The molecule has 4 aromatic rings. The van der Waals surface area contributed by atoms with Gasteiger partial charge in [0.1, 0.15) is 5.52 Å². The molecule has 5 rings (SSSR count). The summed E-state index contributed by atoms with van der Waals surface area (Å²) in [5, 5.41) is 2.79. The number of hydrogen-bond acceptors (Lipinski definition) is 5. The summed E-state index contributed by atoms with van der Waals surface area (Å²) in [7, 11) is 0. The summed E-state index contributed by atoms with van der Waals surface area (Å²) in [5.41, 5.74) is 4.53. The molecule has 158 valence electrons. The minimum Gasteiger partial charge on any atom is -0.436 e. The van der Waals surface area contributed by atoms with Gasteiger partial charge in [-0.3, -0.25) is 19.3 Å². The topological polar surface area (TPSA) is 92.5 Å². The van der Waals surface area contributed by atoms with Crippen molar-refractivity contribution in [3.05, 3.63) is 83.4 Å². The highest BCUT2D eigenvalue weighted by Crippen LogP contribution is 2.27. The van der Waals surface area contributed by atoms with Crippen molar-refractivity contribution in [2.24, 2.45) is 0 Å². The molecule has 0 spiro atoms. The number of carbonyl (C=O) groups excluding carboxylic acids is 3. The molecule has 0 aliphatic carbocycles. The summed E-state index contributed by atoms with van der Waals surface area (Å²) < 4.78 is 5.88. The van der Waals surface area contributed by atoms with E-state index in [0.717, 1.165) is 16.0 Å². The zero-order valence-electron chi connectivity index (χ0n) is 17.3. The number of oxazole rings is 1. The van der Waals surface area contributed by atoms with E-state index < -0.39 is 0 Å². The molecule has 0 bridgehead atoms. The molecule has 1 N–H and O–H groups in total. The van der Waals surface area contributed by atoms with E-state index in [1.54, 1.807) is 42.5 Å². The van der Waals surface area contributed by atoms with Crippen molar-refractivity contribution in [1.29, 1.82) is 0 Å². The molecule has 2 heterocycles. The molecule has 3 amide bonds. The Kier molecular flexibility index (Phi) is 4.78. The van der Waals surface area contributed by atoms with Crippen LogP contribution in [0.25, 0.3) is 22.6 Å². The van der Waals surface area contributed by atoms with Crippen LogP contribution in [-0.2, 0) is 4.79 Å². The Hall–Kier alpha value is -4.26.